The molecular weight excluding hydrogens is 718 g/mol. The van der Waals surface area contributed by atoms with Crippen molar-refractivity contribution >= 4 is 40.0 Å². The van der Waals surface area contributed by atoms with Crippen LogP contribution in [0.3, 0.4) is 0 Å². The molecule has 3 N–H and O–H groups in total. The molecule has 4 heterocycles. The summed E-state index contributed by atoms with van der Waals surface area (Å²) in [4.78, 5) is 56.2. The third-order valence-corrected chi connectivity index (χ3v) is 10.3. The Hall–Kier alpha value is -5.47. The Kier molecular flexibility index (Phi) is 9.84. The number of carbonyl (C=O) groups excluding carboxylic acids is 3. The first-order chi connectivity index (χ1) is 26.0. The summed E-state index contributed by atoms with van der Waals surface area (Å²) in [6.07, 6.45) is -1.74. The number of alkyl carbamates (subject to hydrolysis) is 1. The van der Waals surface area contributed by atoms with Crippen molar-refractivity contribution in [2.75, 3.05) is 20.2 Å². The van der Waals surface area contributed by atoms with Crippen LogP contribution in [0, 0.1) is 11.8 Å². The molecule has 15 heteroatoms. The van der Waals surface area contributed by atoms with E-state index in [0.29, 0.717) is 27.9 Å². The number of aromatic amines is 2. The van der Waals surface area contributed by atoms with Crippen molar-refractivity contribution in [2.45, 2.75) is 76.9 Å². The SMILES string of the molecule is COC(=O)N[C@H](C(=O)N1CC(F)(F)C[C@H]1c1nc2ccc(-c3ccc(-c4ccc5nc([C@@H]6CC(F)(F)CN6C(=O)CC(C)C)[nH]c5c4)cc3)cc2[nH]1)C(C)C. The van der Waals surface area contributed by atoms with E-state index >= 15 is 0 Å². The lowest BCUT2D eigenvalue weighted by Crippen LogP contribution is -2.51. The molecule has 55 heavy (non-hydrogen) atoms. The number of fused-ring (bicyclic) bond motifs is 2. The number of methoxy groups -OCH3 is 1. The fraction of sp³-hybridized carbons (Fsp3) is 0.425. The largest absolute Gasteiger partial charge is 0.453 e. The molecule has 3 amide bonds. The normalized spacial score (nSPS) is 19.8. The minimum Gasteiger partial charge on any atom is -0.453 e. The number of likely N-dealkylation sites (tertiary alicyclic amines) is 2. The van der Waals surface area contributed by atoms with Crippen molar-refractivity contribution < 1.29 is 36.7 Å². The fourth-order valence-electron chi connectivity index (χ4n) is 7.55. The highest BCUT2D eigenvalue weighted by molar-refractivity contribution is 5.88. The topological polar surface area (TPSA) is 136 Å². The first-order valence-corrected chi connectivity index (χ1v) is 18.3. The molecule has 0 saturated carbocycles. The van der Waals surface area contributed by atoms with Crippen molar-refractivity contribution in [1.82, 2.24) is 35.1 Å². The number of H-pyrrole nitrogens is 2. The smallest absolute Gasteiger partial charge is 0.407 e. The molecule has 0 unspecified atom stereocenters. The summed E-state index contributed by atoms with van der Waals surface area (Å²) in [5.41, 5.74) is 5.95. The standard InChI is InChI=1S/C40H43F4N7O4/c1-21(2)14-33(52)50-19-39(41,42)17-31(50)35-45-27-12-10-25(15-29(27)47-35)23-6-8-24(9-7-23)26-11-13-28-30(16-26)48-36(46-28)32-18-40(43,44)20-51(32)37(53)34(22(3)4)49-38(54)55-5/h6-13,15-16,21-22,31-32,34H,14,17-20H2,1-5H3,(H,45,47)(H,46,48)(H,49,54)/t31-,32-,34-/m0/s1. The summed E-state index contributed by atoms with van der Waals surface area (Å²) in [5, 5.41) is 2.47. The number of rotatable bonds is 9. The van der Waals surface area contributed by atoms with Gasteiger partial charge in [0.1, 0.15) is 17.7 Å². The van der Waals surface area contributed by atoms with Gasteiger partial charge in [0.15, 0.2) is 0 Å². The number of hydrogen-bond donors (Lipinski definition) is 3. The maximum atomic E-state index is 14.8. The Balaban J connectivity index is 1.10. The second-order valence-corrected chi connectivity index (χ2v) is 15.4. The van der Waals surface area contributed by atoms with E-state index in [-0.39, 0.29) is 30.0 Å². The monoisotopic (exact) mass is 761 g/mol. The highest BCUT2D eigenvalue weighted by atomic mass is 19.3. The van der Waals surface area contributed by atoms with Crippen LogP contribution in [-0.2, 0) is 14.3 Å². The lowest BCUT2D eigenvalue weighted by Gasteiger charge is -2.29. The molecule has 2 aromatic heterocycles. The van der Waals surface area contributed by atoms with Gasteiger partial charge in [-0.3, -0.25) is 9.59 Å². The van der Waals surface area contributed by atoms with Crippen LogP contribution < -0.4 is 5.32 Å². The zero-order chi connectivity index (χ0) is 39.4. The summed E-state index contributed by atoms with van der Waals surface area (Å²) in [6.45, 7) is 5.76. The van der Waals surface area contributed by atoms with Gasteiger partial charge in [-0.25, -0.2) is 32.3 Å². The first-order valence-electron chi connectivity index (χ1n) is 18.3. The van der Waals surface area contributed by atoms with Crippen LogP contribution in [0.1, 0.15) is 70.7 Å². The zero-order valence-electron chi connectivity index (χ0n) is 31.1. The molecule has 0 spiro atoms. The molecule has 3 aromatic carbocycles. The van der Waals surface area contributed by atoms with Crippen LogP contribution in [0.5, 0.6) is 0 Å². The number of imidazole rings is 2. The van der Waals surface area contributed by atoms with Crippen molar-refractivity contribution in [3.05, 3.63) is 72.3 Å². The molecular formula is C40H43F4N7O4. The van der Waals surface area contributed by atoms with E-state index in [9.17, 15) is 31.9 Å². The van der Waals surface area contributed by atoms with Crippen LogP contribution in [-0.4, -0.2) is 85.7 Å². The fourth-order valence-corrected chi connectivity index (χ4v) is 7.55. The maximum Gasteiger partial charge on any atom is 0.407 e. The molecule has 2 fully saturated rings. The van der Waals surface area contributed by atoms with Gasteiger partial charge in [-0.2, -0.15) is 0 Å². The van der Waals surface area contributed by atoms with Gasteiger partial charge in [-0.05, 0) is 58.4 Å². The van der Waals surface area contributed by atoms with Crippen LogP contribution in [0.25, 0.3) is 44.3 Å². The minimum absolute atomic E-state index is 0.0426. The Labute approximate surface area is 314 Å². The molecule has 0 bridgehead atoms. The third-order valence-electron chi connectivity index (χ3n) is 10.3. The number of nitrogens with zero attached hydrogens (tertiary/aromatic N) is 4. The summed E-state index contributed by atoms with van der Waals surface area (Å²) in [5.74, 6) is -6.87. The number of ether oxygens (including phenoxy) is 1. The maximum absolute atomic E-state index is 14.8. The number of amides is 3. The molecule has 2 saturated heterocycles. The number of halogens is 4. The van der Waals surface area contributed by atoms with E-state index in [1.54, 1.807) is 19.9 Å². The van der Waals surface area contributed by atoms with Gasteiger partial charge >= 0.3 is 6.09 Å². The van der Waals surface area contributed by atoms with Crippen molar-refractivity contribution in [3.63, 3.8) is 0 Å². The van der Waals surface area contributed by atoms with E-state index in [1.165, 1.54) is 12.0 Å². The molecule has 3 atom stereocenters. The average molecular weight is 762 g/mol. The summed E-state index contributed by atoms with van der Waals surface area (Å²) in [6, 6.07) is 16.0. The van der Waals surface area contributed by atoms with Crippen LogP contribution >= 0.6 is 0 Å². The quantitative estimate of drug-likeness (QED) is 0.130. The highest BCUT2D eigenvalue weighted by Gasteiger charge is 2.51. The predicted octanol–water partition coefficient (Wildman–Crippen LogP) is 8.02. The number of hydrogen-bond acceptors (Lipinski definition) is 6. The Morgan fingerprint density at radius 1 is 0.764 bits per heavy atom. The number of benzene rings is 3. The lowest BCUT2D eigenvalue weighted by atomic mass is 10.00. The van der Waals surface area contributed by atoms with E-state index in [2.05, 4.69) is 30.0 Å². The highest BCUT2D eigenvalue weighted by Crippen LogP contribution is 2.43. The molecule has 0 radical (unpaired) electrons. The predicted molar refractivity (Wildman–Crippen MR) is 198 cm³/mol. The van der Waals surface area contributed by atoms with E-state index in [4.69, 9.17) is 0 Å². The van der Waals surface area contributed by atoms with Gasteiger partial charge in [-0.15, -0.1) is 0 Å². The van der Waals surface area contributed by atoms with Crippen molar-refractivity contribution in [3.8, 4) is 22.3 Å². The second-order valence-electron chi connectivity index (χ2n) is 15.4. The number of carbonyl (C=O) groups is 3. The molecule has 290 valence electrons. The molecule has 0 aliphatic carbocycles. The Bertz CT molecular complexity index is 2250. The molecule has 7 rings (SSSR count). The average Bonchev–Trinajstić information content (AvgIpc) is 3.91. The van der Waals surface area contributed by atoms with Gasteiger partial charge in [0.25, 0.3) is 11.8 Å². The van der Waals surface area contributed by atoms with E-state index in [0.717, 1.165) is 27.2 Å². The first kappa shape index (κ1) is 37.8. The second kappa shape index (κ2) is 14.3. The van der Waals surface area contributed by atoms with Gasteiger partial charge in [0.05, 0.1) is 54.3 Å². The van der Waals surface area contributed by atoms with Gasteiger partial charge < -0.3 is 29.8 Å². The zero-order valence-corrected chi connectivity index (χ0v) is 31.1. The van der Waals surface area contributed by atoms with E-state index in [1.807, 2.05) is 68.4 Å². The molecule has 11 nitrogen and oxygen atoms in total. The summed E-state index contributed by atoms with van der Waals surface area (Å²) < 4.78 is 63.4. The summed E-state index contributed by atoms with van der Waals surface area (Å²) in [7, 11) is 1.17. The number of aromatic nitrogens is 4. The van der Waals surface area contributed by atoms with Crippen molar-refractivity contribution in [1.29, 1.82) is 0 Å². The number of nitrogens with one attached hydrogen (secondary N) is 3. The minimum atomic E-state index is -3.15. The van der Waals surface area contributed by atoms with Gasteiger partial charge in [0.2, 0.25) is 11.8 Å². The van der Waals surface area contributed by atoms with E-state index < -0.39 is 67.9 Å². The molecule has 2 aliphatic rings. The Morgan fingerprint density at radius 2 is 1.22 bits per heavy atom. The van der Waals surface area contributed by atoms with Crippen LogP contribution in [0.15, 0.2) is 60.7 Å². The van der Waals surface area contributed by atoms with Crippen LogP contribution in [0.2, 0.25) is 0 Å². The molecule has 5 aromatic rings. The lowest BCUT2D eigenvalue weighted by molar-refractivity contribution is -0.136. The Morgan fingerprint density at radius 3 is 1.67 bits per heavy atom. The van der Waals surface area contributed by atoms with Crippen molar-refractivity contribution in [2.24, 2.45) is 11.8 Å². The number of alkyl halides is 4. The molecule has 2 aliphatic heterocycles. The van der Waals surface area contributed by atoms with Gasteiger partial charge in [-0.1, -0.05) is 64.1 Å². The van der Waals surface area contributed by atoms with Gasteiger partial charge in [0, 0.05) is 19.3 Å². The summed E-state index contributed by atoms with van der Waals surface area (Å²) >= 11 is 0. The van der Waals surface area contributed by atoms with Crippen LogP contribution in [0.4, 0.5) is 22.4 Å². The third kappa shape index (κ3) is 7.74.